The number of nitrogens with zero attached hydrogens (tertiary/aromatic N) is 2. The monoisotopic (exact) mass is 255 g/mol. The van der Waals surface area contributed by atoms with E-state index in [0.717, 1.165) is 15.6 Å². The molecular formula is C14H13N3S. The molecule has 0 bridgehead atoms. The molecule has 0 saturated carbocycles. The van der Waals surface area contributed by atoms with Crippen LogP contribution in [0.1, 0.15) is 16.8 Å². The van der Waals surface area contributed by atoms with Crippen LogP contribution in [0.2, 0.25) is 0 Å². The Labute approximate surface area is 111 Å². The summed E-state index contributed by atoms with van der Waals surface area (Å²) in [5, 5.41) is 9.79. The van der Waals surface area contributed by atoms with Crippen LogP contribution in [0.5, 0.6) is 0 Å². The highest BCUT2D eigenvalue weighted by molar-refractivity contribution is 7.99. The van der Waals surface area contributed by atoms with Crippen LogP contribution in [0.4, 0.5) is 5.69 Å². The lowest BCUT2D eigenvalue weighted by molar-refractivity contribution is 1.05. The van der Waals surface area contributed by atoms with E-state index in [1.807, 2.05) is 26.0 Å². The predicted octanol–water partition coefficient (Wildman–Crippen LogP) is 3.30. The van der Waals surface area contributed by atoms with Crippen molar-refractivity contribution in [3.63, 3.8) is 0 Å². The summed E-state index contributed by atoms with van der Waals surface area (Å²) >= 11 is 1.48. The number of pyridine rings is 1. The number of hydrogen-bond donors (Lipinski definition) is 1. The second-order valence-corrected chi connectivity index (χ2v) is 5.15. The Bertz CT molecular complexity index is 609. The molecule has 0 aliphatic heterocycles. The van der Waals surface area contributed by atoms with E-state index in [4.69, 9.17) is 11.0 Å². The van der Waals surface area contributed by atoms with Crippen molar-refractivity contribution in [3.8, 4) is 6.07 Å². The standard InChI is InChI=1S/C14H13N3S/c1-9-5-10(2)17-14(6-9)18-13-7-11(8-15)3-4-12(13)16/h3-7H,16H2,1-2H3. The van der Waals surface area contributed by atoms with E-state index in [9.17, 15) is 0 Å². The third-order valence-electron chi connectivity index (χ3n) is 2.43. The van der Waals surface area contributed by atoms with E-state index in [1.54, 1.807) is 18.2 Å². The number of anilines is 1. The van der Waals surface area contributed by atoms with Crippen molar-refractivity contribution in [2.75, 3.05) is 5.73 Å². The summed E-state index contributed by atoms with van der Waals surface area (Å²) in [5.74, 6) is 0. The van der Waals surface area contributed by atoms with Crippen molar-refractivity contribution < 1.29 is 0 Å². The van der Waals surface area contributed by atoms with Gasteiger partial charge >= 0.3 is 0 Å². The van der Waals surface area contributed by atoms with Crippen molar-refractivity contribution in [2.24, 2.45) is 0 Å². The maximum absolute atomic E-state index is 8.89. The van der Waals surface area contributed by atoms with E-state index >= 15 is 0 Å². The summed E-state index contributed by atoms with van der Waals surface area (Å²) in [7, 11) is 0. The summed E-state index contributed by atoms with van der Waals surface area (Å²) < 4.78 is 0. The number of nitrogen functional groups attached to an aromatic ring is 1. The zero-order chi connectivity index (χ0) is 13.1. The van der Waals surface area contributed by atoms with E-state index in [0.29, 0.717) is 11.3 Å². The molecular weight excluding hydrogens is 242 g/mol. The first kappa shape index (κ1) is 12.5. The van der Waals surface area contributed by atoms with E-state index < -0.39 is 0 Å². The Morgan fingerprint density at radius 2 is 2.00 bits per heavy atom. The molecule has 2 aromatic rings. The average Bonchev–Trinajstić information content (AvgIpc) is 2.30. The lowest BCUT2D eigenvalue weighted by Gasteiger charge is -2.06. The van der Waals surface area contributed by atoms with Gasteiger partial charge in [-0.25, -0.2) is 4.98 Å². The van der Waals surface area contributed by atoms with Crippen LogP contribution < -0.4 is 5.73 Å². The van der Waals surface area contributed by atoms with Crippen molar-refractivity contribution in [1.82, 2.24) is 4.98 Å². The second-order valence-electron chi connectivity index (χ2n) is 4.09. The minimum Gasteiger partial charge on any atom is -0.398 e. The van der Waals surface area contributed by atoms with Crippen LogP contribution >= 0.6 is 11.8 Å². The first-order chi connectivity index (χ1) is 8.58. The van der Waals surface area contributed by atoms with E-state index in [-0.39, 0.29) is 0 Å². The largest absolute Gasteiger partial charge is 0.398 e. The summed E-state index contributed by atoms with van der Waals surface area (Å²) in [6.45, 7) is 4.00. The smallest absolute Gasteiger partial charge is 0.101 e. The molecule has 90 valence electrons. The lowest BCUT2D eigenvalue weighted by Crippen LogP contribution is -1.91. The van der Waals surface area contributed by atoms with E-state index in [2.05, 4.69) is 11.1 Å². The van der Waals surface area contributed by atoms with Gasteiger partial charge in [0, 0.05) is 16.3 Å². The van der Waals surface area contributed by atoms with Gasteiger partial charge in [0.15, 0.2) is 0 Å². The van der Waals surface area contributed by atoms with Gasteiger partial charge in [0.05, 0.1) is 11.6 Å². The summed E-state index contributed by atoms with van der Waals surface area (Å²) in [6, 6.07) is 11.4. The van der Waals surface area contributed by atoms with Crippen molar-refractivity contribution in [1.29, 1.82) is 5.26 Å². The van der Waals surface area contributed by atoms with Gasteiger partial charge in [-0.05, 0) is 49.7 Å². The van der Waals surface area contributed by atoms with Gasteiger partial charge in [-0.1, -0.05) is 11.8 Å². The lowest BCUT2D eigenvalue weighted by atomic mass is 10.2. The van der Waals surface area contributed by atoms with Gasteiger partial charge in [-0.2, -0.15) is 5.26 Å². The molecule has 1 aromatic carbocycles. The van der Waals surface area contributed by atoms with Crippen molar-refractivity contribution >= 4 is 17.4 Å². The molecule has 4 heteroatoms. The maximum Gasteiger partial charge on any atom is 0.101 e. The molecule has 0 spiro atoms. The fourth-order valence-corrected chi connectivity index (χ4v) is 2.69. The molecule has 0 aliphatic carbocycles. The molecule has 0 fully saturated rings. The fourth-order valence-electron chi connectivity index (χ4n) is 1.66. The van der Waals surface area contributed by atoms with Crippen LogP contribution in [0.25, 0.3) is 0 Å². The molecule has 0 aliphatic rings. The first-order valence-corrected chi connectivity index (χ1v) is 6.33. The van der Waals surface area contributed by atoms with Gasteiger partial charge in [-0.15, -0.1) is 0 Å². The minimum atomic E-state index is 0.607. The van der Waals surface area contributed by atoms with Crippen molar-refractivity contribution in [2.45, 2.75) is 23.8 Å². The Morgan fingerprint density at radius 1 is 1.22 bits per heavy atom. The molecule has 1 heterocycles. The van der Waals surface area contributed by atoms with Gasteiger partial charge in [0.2, 0.25) is 0 Å². The summed E-state index contributed by atoms with van der Waals surface area (Å²) in [5.41, 5.74) is 9.33. The normalized spacial score (nSPS) is 10.1. The third kappa shape index (κ3) is 2.82. The van der Waals surface area contributed by atoms with Gasteiger partial charge in [-0.3, -0.25) is 0 Å². The highest BCUT2D eigenvalue weighted by atomic mass is 32.2. The van der Waals surface area contributed by atoms with Crippen LogP contribution in [-0.4, -0.2) is 4.98 Å². The molecule has 0 atom stereocenters. The first-order valence-electron chi connectivity index (χ1n) is 5.51. The zero-order valence-electron chi connectivity index (χ0n) is 10.3. The SMILES string of the molecule is Cc1cc(C)nc(Sc2cc(C#N)ccc2N)c1. The molecule has 0 saturated heterocycles. The van der Waals surface area contributed by atoms with E-state index in [1.165, 1.54) is 17.3 Å². The van der Waals surface area contributed by atoms with Gasteiger partial charge in [0.1, 0.15) is 5.03 Å². The Kier molecular flexibility index (Phi) is 3.54. The van der Waals surface area contributed by atoms with Gasteiger partial charge < -0.3 is 5.73 Å². The minimum absolute atomic E-state index is 0.607. The summed E-state index contributed by atoms with van der Waals surface area (Å²) in [4.78, 5) is 5.32. The molecule has 2 N–H and O–H groups in total. The number of rotatable bonds is 2. The maximum atomic E-state index is 8.89. The predicted molar refractivity (Wildman–Crippen MR) is 73.4 cm³/mol. The number of hydrogen-bond acceptors (Lipinski definition) is 4. The van der Waals surface area contributed by atoms with Crippen LogP contribution in [0.3, 0.4) is 0 Å². The second kappa shape index (κ2) is 5.11. The summed E-state index contributed by atoms with van der Waals surface area (Å²) in [6.07, 6.45) is 0. The molecule has 0 amide bonds. The zero-order valence-corrected chi connectivity index (χ0v) is 11.1. The number of nitrogens with two attached hydrogens (primary N) is 1. The highest BCUT2D eigenvalue weighted by Gasteiger charge is 2.05. The number of aromatic nitrogens is 1. The number of aryl methyl sites for hydroxylation is 2. The Balaban J connectivity index is 2.36. The van der Waals surface area contributed by atoms with Crippen LogP contribution in [0.15, 0.2) is 40.3 Å². The topological polar surface area (TPSA) is 62.7 Å². The van der Waals surface area contributed by atoms with Crippen LogP contribution in [-0.2, 0) is 0 Å². The Morgan fingerprint density at radius 3 is 2.67 bits per heavy atom. The molecule has 3 nitrogen and oxygen atoms in total. The fraction of sp³-hybridized carbons (Fsp3) is 0.143. The molecule has 0 unspecified atom stereocenters. The molecule has 18 heavy (non-hydrogen) atoms. The number of nitriles is 1. The van der Waals surface area contributed by atoms with Gasteiger partial charge in [0.25, 0.3) is 0 Å². The van der Waals surface area contributed by atoms with Crippen molar-refractivity contribution in [3.05, 3.63) is 47.2 Å². The highest BCUT2D eigenvalue weighted by Crippen LogP contribution is 2.32. The third-order valence-corrected chi connectivity index (χ3v) is 3.42. The molecule has 1 aromatic heterocycles. The molecule has 2 rings (SSSR count). The van der Waals surface area contributed by atoms with Crippen LogP contribution in [0, 0.1) is 25.2 Å². The quantitative estimate of drug-likeness (QED) is 0.836. The average molecular weight is 255 g/mol. The number of benzene rings is 1. The Hall–Kier alpha value is -1.99. The molecule has 0 radical (unpaired) electrons.